The molecule has 0 spiro atoms. The fourth-order valence-corrected chi connectivity index (χ4v) is 3.11. The Bertz CT molecular complexity index is 398. The van der Waals surface area contributed by atoms with Crippen LogP contribution in [0.1, 0.15) is 45.4 Å². The van der Waals surface area contributed by atoms with Crippen molar-refractivity contribution in [3.63, 3.8) is 0 Å². The van der Waals surface area contributed by atoms with E-state index in [1.807, 2.05) is 24.0 Å². The summed E-state index contributed by atoms with van der Waals surface area (Å²) in [6.45, 7) is 6.65. The van der Waals surface area contributed by atoms with Crippen LogP contribution in [0.3, 0.4) is 0 Å². The Hall–Kier alpha value is -0.870. The maximum atomic E-state index is 10.6. The molecule has 0 aromatic carbocycles. The van der Waals surface area contributed by atoms with Crippen molar-refractivity contribution in [1.82, 2.24) is 14.5 Å². The third-order valence-corrected chi connectivity index (χ3v) is 4.82. The van der Waals surface area contributed by atoms with Crippen molar-refractivity contribution < 1.29 is 5.11 Å². The van der Waals surface area contributed by atoms with Gasteiger partial charge < -0.3 is 9.67 Å². The van der Waals surface area contributed by atoms with E-state index in [0.29, 0.717) is 0 Å². The van der Waals surface area contributed by atoms with E-state index in [-0.39, 0.29) is 11.6 Å². The molecular formula is C15H27N3O. The van der Waals surface area contributed by atoms with Crippen LogP contribution in [0.15, 0.2) is 12.4 Å². The van der Waals surface area contributed by atoms with Crippen LogP contribution >= 0.6 is 0 Å². The van der Waals surface area contributed by atoms with Gasteiger partial charge in [0.2, 0.25) is 0 Å². The monoisotopic (exact) mass is 265 g/mol. The molecule has 0 amide bonds. The number of imidazole rings is 1. The second kappa shape index (κ2) is 6.06. The van der Waals surface area contributed by atoms with Crippen LogP contribution in [0, 0.1) is 0 Å². The molecule has 1 saturated heterocycles. The number of rotatable bonds is 6. The lowest BCUT2D eigenvalue weighted by atomic mass is 9.87. The molecule has 0 radical (unpaired) electrons. The summed E-state index contributed by atoms with van der Waals surface area (Å²) < 4.78 is 2.03. The van der Waals surface area contributed by atoms with Gasteiger partial charge in [0.05, 0.1) is 6.10 Å². The lowest BCUT2D eigenvalue weighted by Crippen LogP contribution is -2.53. The number of aryl methyl sites for hydroxylation is 2. The third kappa shape index (κ3) is 3.00. The largest absolute Gasteiger partial charge is 0.391 e. The molecule has 2 rings (SSSR count). The molecule has 0 saturated carbocycles. The summed E-state index contributed by atoms with van der Waals surface area (Å²) in [5, 5.41) is 10.6. The maximum Gasteiger partial charge on any atom is 0.108 e. The predicted molar refractivity (Wildman–Crippen MR) is 77.0 cm³/mol. The molecule has 0 aliphatic carbocycles. The Morgan fingerprint density at radius 3 is 2.63 bits per heavy atom. The second-order valence-electron chi connectivity index (χ2n) is 5.91. The minimum Gasteiger partial charge on any atom is -0.391 e. The van der Waals surface area contributed by atoms with Gasteiger partial charge in [-0.2, -0.15) is 0 Å². The first kappa shape index (κ1) is 14.5. The third-order valence-electron chi connectivity index (χ3n) is 4.82. The highest BCUT2D eigenvalue weighted by atomic mass is 16.3. The quantitative estimate of drug-likeness (QED) is 0.855. The molecule has 19 heavy (non-hydrogen) atoms. The summed E-state index contributed by atoms with van der Waals surface area (Å²) in [4.78, 5) is 6.80. The molecule has 1 N–H and O–H groups in total. The zero-order valence-electron chi connectivity index (χ0n) is 12.5. The zero-order valence-corrected chi connectivity index (χ0v) is 12.5. The van der Waals surface area contributed by atoms with E-state index in [1.54, 1.807) is 0 Å². The van der Waals surface area contributed by atoms with Gasteiger partial charge in [-0.05, 0) is 45.7 Å². The van der Waals surface area contributed by atoms with Crippen molar-refractivity contribution in [2.24, 2.45) is 7.05 Å². The Morgan fingerprint density at radius 2 is 2.11 bits per heavy atom. The van der Waals surface area contributed by atoms with Crippen LogP contribution in [0.4, 0.5) is 0 Å². The highest BCUT2D eigenvalue weighted by Crippen LogP contribution is 2.29. The van der Waals surface area contributed by atoms with Crippen LogP contribution in [-0.2, 0) is 13.5 Å². The number of hydrogen-bond acceptors (Lipinski definition) is 3. The average Bonchev–Trinajstić information content (AvgIpc) is 3.06. The topological polar surface area (TPSA) is 41.3 Å². The highest BCUT2D eigenvalue weighted by molar-refractivity contribution is 4.97. The van der Waals surface area contributed by atoms with Gasteiger partial charge in [-0.15, -0.1) is 0 Å². The van der Waals surface area contributed by atoms with Gasteiger partial charge in [0.15, 0.2) is 0 Å². The van der Waals surface area contributed by atoms with Crippen molar-refractivity contribution in [3.8, 4) is 0 Å². The lowest BCUT2D eigenvalue weighted by molar-refractivity contribution is -0.0166. The smallest absolute Gasteiger partial charge is 0.108 e. The SMILES string of the molecule is CCC(C)(C(O)CCc1nccn1C)N1CCCC1. The first-order chi connectivity index (χ1) is 9.08. The van der Waals surface area contributed by atoms with Gasteiger partial charge in [0.1, 0.15) is 5.82 Å². The standard InChI is InChI=1S/C15H27N3O/c1-4-15(2,18-10-5-6-11-18)13(19)7-8-14-16-9-12-17(14)3/h9,12-13,19H,4-8,10-11H2,1-3H3. The van der Waals surface area contributed by atoms with Crippen molar-refractivity contribution in [3.05, 3.63) is 18.2 Å². The summed E-state index contributed by atoms with van der Waals surface area (Å²) in [6.07, 6.45) is 8.65. The van der Waals surface area contributed by atoms with E-state index in [9.17, 15) is 5.11 Å². The van der Waals surface area contributed by atoms with E-state index in [2.05, 4.69) is 23.7 Å². The van der Waals surface area contributed by atoms with Crippen LogP contribution in [0.25, 0.3) is 0 Å². The van der Waals surface area contributed by atoms with Gasteiger partial charge in [0.25, 0.3) is 0 Å². The fraction of sp³-hybridized carbons (Fsp3) is 0.800. The summed E-state index contributed by atoms with van der Waals surface area (Å²) in [5.41, 5.74) is -0.0817. The van der Waals surface area contributed by atoms with Crippen LogP contribution in [0.2, 0.25) is 0 Å². The van der Waals surface area contributed by atoms with E-state index < -0.39 is 0 Å². The molecule has 0 bridgehead atoms. The van der Waals surface area contributed by atoms with E-state index in [1.165, 1.54) is 12.8 Å². The number of nitrogens with zero attached hydrogens (tertiary/aromatic N) is 3. The number of hydrogen-bond donors (Lipinski definition) is 1. The molecule has 2 atom stereocenters. The van der Waals surface area contributed by atoms with Crippen LogP contribution < -0.4 is 0 Å². The van der Waals surface area contributed by atoms with E-state index in [4.69, 9.17) is 0 Å². The fourth-order valence-electron chi connectivity index (χ4n) is 3.11. The Balaban J connectivity index is 1.96. The summed E-state index contributed by atoms with van der Waals surface area (Å²) in [5.74, 6) is 1.05. The van der Waals surface area contributed by atoms with E-state index in [0.717, 1.165) is 38.2 Å². The number of aliphatic hydroxyl groups is 1. The molecule has 1 fully saturated rings. The highest BCUT2D eigenvalue weighted by Gasteiger charge is 2.38. The summed E-state index contributed by atoms with van der Waals surface area (Å²) in [6, 6.07) is 0. The lowest BCUT2D eigenvalue weighted by Gasteiger charge is -2.42. The number of aliphatic hydroxyl groups excluding tert-OH is 1. The molecule has 1 aromatic heterocycles. The molecule has 1 aromatic rings. The van der Waals surface area contributed by atoms with Crippen molar-refractivity contribution in [2.45, 2.75) is 57.6 Å². The van der Waals surface area contributed by atoms with Crippen molar-refractivity contribution in [1.29, 1.82) is 0 Å². The molecule has 2 unspecified atom stereocenters. The molecule has 2 heterocycles. The zero-order chi connectivity index (χ0) is 13.9. The van der Waals surface area contributed by atoms with Gasteiger partial charge in [0, 0.05) is 31.4 Å². The van der Waals surface area contributed by atoms with Gasteiger partial charge >= 0.3 is 0 Å². The minimum absolute atomic E-state index is 0.0817. The summed E-state index contributed by atoms with van der Waals surface area (Å²) >= 11 is 0. The Labute approximate surface area is 116 Å². The first-order valence-electron chi connectivity index (χ1n) is 7.47. The van der Waals surface area contributed by atoms with Crippen molar-refractivity contribution >= 4 is 0 Å². The van der Waals surface area contributed by atoms with Crippen LogP contribution in [-0.4, -0.2) is 44.3 Å². The number of aromatic nitrogens is 2. The van der Waals surface area contributed by atoms with Crippen LogP contribution in [0.5, 0.6) is 0 Å². The maximum absolute atomic E-state index is 10.6. The molecule has 1 aliphatic heterocycles. The normalized spacial score (nSPS) is 21.5. The predicted octanol–water partition coefficient (Wildman–Crippen LogP) is 1.98. The number of likely N-dealkylation sites (tertiary alicyclic amines) is 1. The second-order valence-corrected chi connectivity index (χ2v) is 5.91. The van der Waals surface area contributed by atoms with Gasteiger partial charge in [-0.1, -0.05) is 6.92 Å². The summed E-state index contributed by atoms with van der Waals surface area (Å²) in [7, 11) is 2.01. The Morgan fingerprint density at radius 1 is 1.42 bits per heavy atom. The van der Waals surface area contributed by atoms with Gasteiger partial charge in [-0.25, -0.2) is 4.98 Å². The molecule has 4 nitrogen and oxygen atoms in total. The van der Waals surface area contributed by atoms with Gasteiger partial charge in [-0.3, -0.25) is 4.90 Å². The molecular weight excluding hydrogens is 238 g/mol. The van der Waals surface area contributed by atoms with E-state index >= 15 is 0 Å². The minimum atomic E-state index is -0.285. The molecule has 1 aliphatic rings. The molecule has 4 heteroatoms. The molecule has 108 valence electrons. The van der Waals surface area contributed by atoms with Crippen molar-refractivity contribution in [2.75, 3.05) is 13.1 Å². The Kier molecular flexibility index (Phi) is 4.63. The first-order valence-corrected chi connectivity index (χ1v) is 7.47. The average molecular weight is 265 g/mol.